The van der Waals surface area contributed by atoms with Crippen LogP contribution in [-0.2, 0) is 0 Å². The third kappa shape index (κ3) is 11.2. The average molecular weight is 434 g/mol. The van der Waals surface area contributed by atoms with E-state index in [2.05, 4.69) is 61.7 Å². The fraction of sp³-hybridized carbons (Fsp3) is 0.667. The molecule has 0 aromatic carbocycles. The van der Waals surface area contributed by atoms with Crippen molar-refractivity contribution in [3.05, 3.63) is 0 Å². The Bertz CT molecular complexity index is 300. The summed E-state index contributed by atoms with van der Waals surface area (Å²) in [7, 11) is -1.54. The summed E-state index contributed by atoms with van der Waals surface area (Å²) < 4.78 is 7.08. The van der Waals surface area contributed by atoms with Gasteiger partial charge in [-0.1, -0.05) is 0 Å². The van der Waals surface area contributed by atoms with Crippen molar-refractivity contribution < 1.29 is 0 Å². The molecule has 0 saturated heterocycles. The van der Waals surface area contributed by atoms with Crippen molar-refractivity contribution in [3.8, 4) is 19.0 Å². The van der Waals surface area contributed by atoms with Crippen LogP contribution in [0.25, 0.3) is 0 Å². The van der Waals surface area contributed by atoms with E-state index in [1.54, 1.807) is 0 Å². The summed E-state index contributed by atoms with van der Waals surface area (Å²) in [4.78, 5) is 14.2. The predicted molar refractivity (Wildman–Crippen MR) is 79.7 cm³/mol. The second-order valence-electron chi connectivity index (χ2n) is 6.62. The van der Waals surface area contributed by atoms with Crippen LogP contribution < -0.4 is 0 Å². The standard InChI is InChI=1S/C6H6Si.6CH3.2Sn/c1-5-7(3,4)6-2;;;;;;;;/h3-4H3;6*1H3;;. The summed E-state index contributed by atoms with van der Waals surface area (Å²) in [6, 6.07) is 0. The molecule has 0 N–H and O–H groups in total. The molecule has 0 aliphatic carbocycles. The summed E-state index contributed by atoms with van der Waals surface area (Å²) >= 11 is -3.80. The van der Waals surface area contributed by atoms with Crippen molar-refractivity contribution in [2.75, 3.05) is 0 Å². The fourth-order valence-corrected chi connectivity index (χ4v) is 13.9. The summed E-state index contributed by atoms with van der Waals surface area (Å²) in [5, 5.41) is 0. The molecule has 0 saturated carbocycles. The van der Waals surface area contributed by atoms with Gasteiger partial charge in [0.25, 0.3) is 0 Å². The molecular weight excluding hydrogens is 410 g/mol. The second kappa shape index (κ2) is 5.51. The molecule has 3 heteroatoms. The minimum atomic E-state index is -1.90. The minimum absolute atomic E-state index is 1.54. The zero-order valence-corrected chi connectivity index (χ0v) is 18.2. The SMILES string of the molecule is C[Si](C)(C#[C][Sn]([CH3])([CH3])[CH3])C#[C][Sn]([CH3])([CH3])[CH3]. The predicted octanol–water partition coefficient (Wildman–Crippen LogP) is 3.53. The molecule has 0 spiro atoms. The summed E-state index contributed by atoms with van der Waals surface area (Å²) in [5.41, 5.74) is 7.03. The Morgan fingerprint density at radius 3 is 1.13 bits per heavy atom. The molecule has 15 heavy (non-hydrogen) atoms. The van der Waals surface area contributed by atoms with Crippen LogP contribution in [0.15, 0.2) is 0 Å². The van der Waals surface area contributed by atoms with Crippen LogP contribution in [0.5, 0.6) is 0 Å². The third-order valence-corrected chi connectivity index (χ3v) is 9.42. The van der Waals surface area contributed by atoms with Crippen LogP contribution in [0.1, 0.15) is 0 Å². The van der Waals surface area contributed by atoms with Gasteiger partial charge < -0.3 is 0 Å². The molecule has 0 heterocycles. The van der Waals surface area contributed by atoms with Gasteiger partial charge in [0, 0.05) is 0 Å². The van der Waals surface area contributed by atoms with Crippen LogP contribution >= 0.6 is 0 Å². The normalized spacial score (nSPS) is 12.3. The van der Waals surface area contributed by atoms with E-state index < -0.39 is 44.8 Å². The van der Waals surface area contributed by atoms with E-state index in [1.165, 1.54) is 0 Å². The van der Waals surface area contributed by atoms with E-state index in [9.17, 15) is 0 Å². The molecule has 0 aliphatic rings. The molecule has 0 rings (SSSR count). The maximum absolute atomic E-state index is 3.54. The zero-order chi connectivity index (χ0) is 12.3. The van der Waals surface area contributed by atoms with E-state index in [4.69, 9.17) is 0 Å². The van der Waals surface area contributed by atoms with Crippen molar-refractivity contribution in [3.63, 3.8) is 0 Å². The van der Waals surface area contributed by atoms with Gasteiger partial charge in [-0.05, 0) is 0 Å². The van der Waals surface area contributed by atoms with Crippen LogP contribution in [-0.4, -0.2) is 44.8 Å². The van der Waals surface area contributed by atoms with E-state index >= 15 is 0 Å². The van der Waals surface area contributed by atoms with Crippen molar-refractivity contribution >= 4 is 44.8 Å². The Morgan fingerprint density at radius 1 is 0.667 bits per heavy atom. The first-order chi connectivity index (χ1) is 6.41. The van der Waals surface area contributed by atoms with Crippen molar-refractivity contribution in [1.29, 1.82) is 0 Å². The first-order valence-corrected chi connectivity index (χ1v) is 28.5. The van der Waals surface area contributed by atoms with Gasteiger partial charge in [0.1, 0.15) is 0 Å². The zero-order valence-electron chi connectivity index (χ0n) is 11.5. The van der Waals surface area contributed by atoms with Gasteiger partial charge in [0.05, 0.1) is 0 Å². The molecule has 0 nitrogen and oxygen atoms in total. The van der Waals surface area contributed by atoms with Gasteiger partial charge in [-0.25, -0.2) is 0 Å². The number of rotatable bonds is 0. The molecule has 84 valence electrons. The summed E-state index contributed by atoms with van der Waals surface area (Å²) in [6.45, 7) is 4.56. The topological polar surface area (TPSA) is 0 Å². The number of hydrogen-bond donors (Lipinski definition) is 0. The maximum atomic E-state index is 3.54. The molecule has 0 amide bonds. The molecular formula is C12H24SiSn2. The van der Waals surface area contributed by atoms with Gasteiger partial charge in [0.2, 0.25) is 0 Å². The molecule has 0 bridgehead atoms. The Labute approximate surface area is 105 Å². The van der Waals surface area contributed by atoms with E-state index in [-0.39, 0.29) is 0 Å². The van der Waals surface area contributed by atoms with E-state index in [0.29, 0.717) is 0 Å². The number of hydrogen-bond acceptors (Lipinski definition) is 0. The molecule has 0 unspecified atom stereocenters. The Morgan fingerprint density at radius 2 is 0.933 bits per heavy atom. The Balaban J connectivity index is 4.82. The van der Waals surface area contributed by atoms with Crippen LogP contribution in [0.4, 0.5) is 0 Å². The first-order valence-electron chi connectivity index (χ1n) is 5.50. The van der Waals surface area contributed by atoms with Crippen molar-refractivity contribution in [2.24, 2.45) is 0 Å². The first kappa shape index (κ1) is 15.9. The van der Waals surface area contributed by atoms with E-state index in [1.807, 2.05) is 0 Å². The molecule has 0 fully saturated rings. The quantitative estimate of drug-likeness (QED) is 0.405. The Hall–Kier alpha value is 0.934. The molecule has 0 atom stereocenters. The monoisotopic (exact) mass is 436 g/mol. The van der Waals surface area contributed by atoms with Gasteiger partial charge in [-0.2, -0.15) is 0 Å². The summed E-state index contributed by atoms with van der Waals surface area (Å²) in [6.07, 6.45) is 0. The molecule has 0 aromatic heterocycles. The van der Waals surface area contributed by atoms with Crippen LogP contribution in [0.2, 0.25) is 42.7 Å². The fourth-order valence-electron chi connectivity index (χ4n) is 0.719. The van der Waals surface area contributed by atoms with Gasteiger partial charge in [-0.3, -0.25) is 0 Å². The van der Waals surface area contributed by atoms with Gasteiger partial charge in [-0.15, -0.1) is 0 Å². The van der Waals surface area contributed by atoms with Crippen molar-refractivity contribution in [2.45, 2.75) is 42.7 Å². The van der Waals surface area contributed by atoms with Gasteiger partial charge >= 0.3 is 107 Å². The van der Waals surface area contributed by atoms with Crippen LogP contribution in [0, 0.1) is 19.0 Å². The van der Waals surface area contributed by atoms with Gasteiger partial charge in [0.15, 0.2) is 0 Å². The summed E-state index contributed by atoms with van der Waals surface area (Å²) in [5.74, 6) is 0. The van der Waals surface area contributed by atoms with Crippen molar-refractivity contribution in [1.82, 2.24) is 0 Å². The third-order valence-electron chi connectivity index (χ3n) is 1.50. The second-order valence-corrected chi connectivity index (χ2v) is 37.5. The van der Waals surface area contributed by atoms with Crippen LogP contribution in [0.3, 0.4) is 0 Å². The average Bonchev–Trinajstić information content (AvgIpc) is 1.96. The Kier molecular flexibility index (Phi) is 5.86. The molecule has 0 aliphatic heterocycles. The molecule has 0 aromatic rings. The molecule has 0 radical (unpaired) electrons. The van der Waals surface area contributed by atoms with E-state index in [0.717, 1.165) is 0 Å².